The smallest absolute Gasteiger partial charge is 0.105 e. The lowest BCUT2D eigenvalue weighted by Gasteiger charge is -2.38. The summed E-state index contributed by atoms with van der Waals surface area (Å²) in [5.74, 6) is 0. The molecule has 1 aliphatic heterocycles. The van der Waals surface area contributed by atoms with Gasteiger partial charge in [-0.05, 0) is 32.0 Å². The Morgan fingerprint density at radius 1 is 1.26 bits per heavy atom. The summed E-state index contributed by atoms with van der Waals surface area (Å²) in [5, 5.41) is 0.635. The number of nitrogens with zero attached hydrogens (tertiary/aromatic N) is 2. The second kappa shape index (κ2) is 6.07. The molecule has 0 radical (unpaired) electrons. The molecule has 0 aliphatic carbocycles. The molecule has 1 aromatic rings. The quantitative estimate of drug-likeness (QED) is 0.869. The highest BCUT2D eigenvalue weighted by atomic mass is 35.5. The fourth-order valence-corrected chi connectivity index (χ4v) is 2.91. The molecule has 0 unspecified atom stereocenters. The lowest BCUT2D eigenvalue weighted by molar-refractivity contribution is 0.209. The van der Waals surface area contributed by atoms with Crippen LogP contribution in [0.4, 0.5) is 5.69 Å². The highest BCUT2D eigenvalue weighted by Crippen LogP contribution is 2.24. The van der Waals surface area contributed by atoms with Crippen LogP contribution in [0.5, 0.6) is 0 Å². The minimum absolute atomic E-state index is 0.348. The van der Waals surface area contributed by atoms with Gasteiger partial charge in [-0.2, -0.15) is 0 Å². The van der Waals surface area contributed by atoms with Gasteiger partial charge in [-0.15, -0.1) is 0 Å². The van der Waals surface area contributed by atoms with Crippen LogP contribution in [0.25, 0.3) is 0 Å². The fourth-order valence-electron chi connectivity index (χ4n) is 2.40. The highest BCUT2D eigenvalue weighted by Gasteiger charge is 2.19. The van der Waals surface area contributed by atoms with E-state index in [1.54, 1.807) is 0 Å². The molecule has 2 rings (SSSR count). The Hall–Kier alpha value is -0.840. The normalized spacial score (nSPS) is 16.9. The number of hydrogen-bond acceptors (Lipinski definition) is 3. The molecule has 5 heteroatoms. The summed E-state index contributed by atoms with van der Waals surface area (Å²) in [4.78, 5) is 5.19. The first-order valence-corrected chi connectivity index (χ1v) is 7.36. The van der Waals surface area contributed by atoms with Crippen molar-refractivity contribution in [2.24, 2.45) is 5.73 Å². The van der Waals surface area contributed by atoms with Gasteiger partial charge in [0.1, 0.15) is 4.99 Å². The largest absolute Gasteiger partial charge is 0.389 e. The van der Waals surface area contributed by atoms with Crippen LogP contribution in [-0.4, -0.2) is 42.1 Å². The number of anilines is 1. The maximum Gasteiger partial charge on any atom is 0.105 e. The van der Waals surface area contributed by atoms with Crippen LogP contribution in [0, 0.1) is 0 Å². The van der Waals surface area contributed by atoms with E-state index >= 15 is 0 Å². The molecular weight excluding hydrogens is 278 g/mol. The summed E-state index contributed by atoms with van der Waals surface area (Å²) < 4.78 is 0. The number of halogens is 1. The van der Waals surface area contributed by atoms with Gasteiger partial charge in [0.2, 0.25) is 0 Å². The topological polar surface area (TPSA) is 32.5 Å². The van der Waals surface area contributed by atoms with Crippen molar-refractivity contribution in [1.82, 2.24) is 4.90 Å². The monoisotopic (exact) mass is 297 g/mol. The number of rotatable bonds is 3. The minimum atomic E-state index is 0.348. The van der Waals surface area contributed by atoms with Crippen LogP contribution in [0.1, 0.15) is 19.4 Å². The van der Waals surface area contributed by atoms with Gasteiger partial charge in [0, 0.05) is 43.5 Å². The maximum atomic E-state index is 6.22. The van der Waals surface area contributed by atoms with Crippen molar-refractivity contribution >= 4 is 34.5 Å². The number of thiocarbonyl (C=S) groups is 1. The Labute approximate surface area is 125 Å². The van der Waals surface area contributed by atoms with E-state index in [1.165, 1.54) is 0 Å². The number of benzene rings is 1. The van der Waals surface area contributed by atoms with Crippen LogP contribution in [0.15, 0.2) is 18.2 Å². The van der Waals surface area contributed by atoms with Crippen molar-refractivity contribution in [1.29, 1.82) is 0 Å². The molecule has 0 saturated carbocycles. The first kappa shape index (κ1) is 14.6. The third-order valence-corrected chi connectivity index (χ3v) is 4.16. The van der Waals surface area contributed by atoms with Crippen LogP contribution < -0.4 is 10.6 Å². The average Bonchev–Trinajstić information content (AvgIpc) is 2.38. The van der Waals surface area contributed by atoms with E-state index in [9.17, 15) is 0 Å². The predicted octanol–water partition coefficient (Wildman–Crippen LogP) is 2.50. The standard InChI is InChI=1S/C14H20ClN3S/c1-10(2)17-5-7-18(8-6-17)11-3-4-12(14(16)19)13(15)9-11/h3-4,9-10H,5-8H2,1-2H3,(H2,16,19). The summed E-state index contributed by atoms with van der Waals surface area (Å²) >= 11 is 11.2. The summed E-state index contributed by atoms with van der Waals surface area (Å²) in [7, 11) is 0. The summed E-state index contributed by atoms with van der Waals surface area (Å²) in [6.45, 7) is 8.72. The van der Waals surface area contributed by atoms with E-state index in [2.05, 4.69) is 23.6 Å². The van der Waals surface area contributed by atoms with E-state index in [0.29, 0.717) is 16.1 Å². The van der Waals surface area contributed by atoms with Gasteiger partial charge in [-0.3, -0.25) is 4.90 Å². The molecule has 0 aromatic heterocycles. The van der Waals surface area contributed by atoms with Crippen molar-refractivity contribution < 1.29 is 0 Å². The van der Waals surface area contributed by atoms with E-state index in [1.807, 2.05) is 18.2 Å². The van der Waals surface area contributed by atoms with E-state index in [4.69, 9.17) is 29.6 Å². The molecule has 0 bridgehead atoms. The summed E-state index contributed by atoms with van der Waals surface area (Å²) in [6, 6.07) is 6.53. The van der Waals surface area contributed by atoms with Crippen LogP contribution in [0.2, 0.25) is 5.02 Å². The zero-order chi connectivity index (χ0) is 14.0. The molecule has 1 saturated heterocycles. The van der Waals surface area contributed by atoms with Gasteiger partial charge in [-0.1, -0.05) is 23.8 Å². The lowest BCUT2D eigenvalue weighted by Crippen LogP contribution is -2.48. The third-order valence-electron chi connectivity index (χ3n) is 3.63. The number of hydrogen-bond donors (Lipinski definition) is 1. The molecule has 1 fully saturated rings. The molecule has 1 aromatic carbocycles. The van der Waals surface area contributed by atoms with Crippen molar-refractivity contribution in [3.8, 4) is 0 Å². The average molecular weight is 298 g/mol. The molecule has 0 atom stereocenters. The fraction of sp³-hybridized carbons (Fsp3) is 0.500. The molecule has 0 amide bonds. The molecular formula is C14H20ClN3S. The van der Waals surface area contributed by atoms with Gasteiger partial charge in [0.05, 0.1) is 5.02 Å². The van der Waals surface area contributed by atoms with Gasteiger partial charge >= 0.3 is 0 Å². The van der Waals surface area contributed by atoms with E-state index < -0.39 is 0 Å². The molecule has 3 nitrogen and oxygen atoms in total. The summed E-state index contributed by atoms with van der Waals surface area (Å²) in [6.07, 6.45) is 0. The van der Waals surface area contributed by atoms with Gasteiger partial charge in [0.25, 0.3) is 0 Å². The third kappa shape index (κ3) is 3.38. The van der Waals surface area contributed by atoms with E-state index in [0.717, 1.165) is 37.4 Å². The number of piperazine rings is 1. The molecule has 0 spiro atoms. The van der Waals surface area contributed by atoms with Crippen LogP contribution in [0.3, 0.4) is 0 Å². The highest BCUT2D eigenvalue weighted by molar-refractivity contribution is 7.80. The summed E-state index contributed by atoms with van der Waals surface area (Å²) in [5.41, 5.74) is 7.52. The van der Waals surface area contributed by atoms with E-state index in [-0.39, 0.29) is 0 Å². The van der Waals surface area contributed by atoms with Crippen molar-refractivity contribution in [3.63, 3.8) is 0 Å². The zero-order valence-electron chi connectivity index (χ0n) is 11.4. The molecule has 1 heterocycles. The van der Waals surface area contributed by atoms with Gasteiger partial charge < -0.3 is 10.6 Å². The molecule has 104 valence electrons. The van der Waals surface area contributed by atoms with Crippen molar-refractivity contribution in [3.05, 3.63) is 28.8 Å². The van der Waals surface area contributed by atoms with Crippen LogP contribution >= 0.6 is 23.8 Å². The Balaban J connectivity index is 2.08. The maximum absolute atomic E-state index is 6.22. The molecule has 2 N–H and O–H groups in total. The van der Waals surface area contributed by atoms with Crippen molar-refractivity contribution in [2.75, 3.05) is 31.1 Å². The Kier molecular flexibility index (Phi) is 4.66. The SMILES string of the molecule is CC(C)N1CCN(c2ccc(C(N)=S)c(Cl)c2)CC1. The Morgan fingerprint density at radius 3 is 2.37 bits per heavy atom. The molecule has 1 aliphatic rings. The Bertz CT molecular complexity index is 468. The first-order chi connectivity index (χ1) is 8.99. The first-order valence-electron chi connectivity index (χ1n) is 6.57. The zero-order valence-corrected chi connectivity index (χ0v) is 13.0. The molecule has 19 heavy (non-hydrogen) atoms. The van der Waals surface area contributed by atoms with Gasteiger partial charge in [-0.25, -0.2) is 0 Å². The van der Waals surface area contributed by atoms with Crippen LogP contribution in [-0.2, 0) is 0 Å². The number of nitrogens with two attached hydrogens (primary N) is 1. The van der Waals surface area contributed by atoms with Gasteiger partial charge in [0.15, 0.2) is 0 Å². The Morgan fingerprint density at radius 2 is 1.89 bits per heavy atom. The lowest BCUT2D eigenvalue weighted by atomic mass is 10.1. The predicted molar refractivity (Wildman–Crippen MR) is 86.3 cm³/mol. The second-order valence-electron chi connectivity index (χ2n) is 5.15. The van der Waals surface area contributed by atoms with Crippen molar-refractivity contribution in [2.45, 2.75) is 19.9 Å². The minimum Gasteiger partial charge on any atom is -0.389 e. The second-order valence-corrected chi connectivity index (χ2v) is 5.99.